The summed E-state index contributed by atoms with van der Waals surface area (Å²) in [5, 5.41) is 10.6. The molecule has 0 radical (unpaired) electrons. The normalized spacial score (nSPS) is 18.8. The Kier molecular flexibility index (Phi) is 3.97. The largest absolute Gasteiger partial charge is 0.331 e. The quantitative estimate of drug-likeness (QED) is 0.639. The molecular formula is C19H17N7O3. The Labute approximate surface area is 165 Å². The third kappa shape index (κ3) is 3.08. The molecule has 1 atom stereocenters. The van der Waals surface area contributed by atoms with Crippen molar-refractivity contribution in [3.63, 3.8) is 0 Å². The number of amides is 3. The molecule has 0 spiro atoms. The summed E-state index contributed by atoms with van der Waals surface area (Å²) in [7, 11) is 0. The second-order valence-corrected chi connectivity index (χ2v) is 7.13. The van der Waals surface area contributed by atoms with Crippen LogP contribution >= 0.6 is 0 Å². The van der Waals surface area contributed by atoms with Crippen LogP contribution in [0.2, 0.25) is 0 Å². The fourth-order valence-corrected chi connectivity index (χ4v) is 3.75. The van der Waals surface area contributed by atoms with Crippen molar-refractivity contribution < 1.29 is 14.4 Å². The fourth-order valence-electron chi connectivity index (χ4n) is 3.75. The lowest BCUT2D eigenvalue weighted by molar-refractivity contribution is -0.136. The predicted octanol–water partition coefficient (Wildman–Crippen LogP) is 0.273. The van der Waals surface area contributed by atoms with Crippen molar-refractivity contribution in [3.05, 3.63) is 59.9 Å². The molecule has 10 heteroatoms. The molecule has 0 aliphatic carbocycles. The molecule has 3 aromatic rings. The first kappa shape index (κ1) is 17.3. The maximum atomic E-state index is 12.9. The highest BCUT2D eigenvalue weighted by Crippen LogP contribution is 2.29. The van der Waals surface area contributed by atoms with Gasteiger partial charge in [-0.1, -0.05) is 11.3 Å². The van der Waals surface area contributed by atoms with Crippen molar-refractivity contribution in [3.8, 4) is 5.69 Å². The molecule has 4 heterocycles. The number of carbonyl (C=O) groups excluding carboxylic acids is 3. The lowest BCUT2D eigenvalue weighted by Gasteiger charge is -2.29. The van der Waals surface area contributed by atoms with Crippen LogP contribution in [0.15, 0.2) is 43.1 Å². The molecule has 2 aliphatic heterocycles. The van der Waals surface area contributed by atoms with E-state index in [0.717, 1.165) is 11.3 Å². The van der Waals surface area contributed by atoms with E-state index in [1.807, 2.05) is 22.9 Å². The maximum Gasteiger partial charge on any atom is 0.255 e. The molecule has 10 nitrogen and oxygen atoms in total. The number of carbonyl (C=O) groups is 3. The minimum Gasteiger partial charge on any atom is -0.331 e. The highest BCUT2D eigenvalue weighted by molar-refractivity contribution is 6.05. The summed E-state index contributed by atoms with van der Waals surface area (Å²) in [5.41, 5.74) is 2.87. The van der Waals surface area contributed by atoms with Gasteiger partial charge in [-0.3, -0.25) is 19.7 Å². The Balaban J connectivity index is 1.37. The standard InChI is InChI=1S/C19H17N7O3/c27-17-4-3-16(18(28)21-17)25-8-12-1-2-14(7-15(12)19(25)29)26-10-13(22-23-26)9-24-6-5-20-11-24/h1-2,5-7,10-11,16H,3-4,8-9H2,(H,21,27,28). The van der Waals surface area contributed by atoms with Crippen molar-refractivity contribution in [2.24, 2.45) is 0 Å². The van der Waals surface area contributed by atoms with E-state index in [-0.39, 0.29) is 18.2 Å². The molecule has 2 aromatic heterocycles. The number of hydrogen-bond donors (Lipinski definition) is 1. The molecule has 1 unspecified atom stereocenters. The number of hydrogen-bond acceptors (Lipinski definition) is 6. The van der Waals surface area contributed by atoms with Crippen LogP contribution in [0.1, 0.15) is 34.5 Å². The third-order valence-electron chi connectivity index (χ3n) is 5.22. The Hall–Kier alpha value is -3.82. The van der Waals surface area contributed by atoms with Gasteiger partial charge >= 0.3 is 0 Å². The van der Waals surface area contributed by atoms with Crippen LogP contribution in [-0.2, 0) is 22.7 Å². The summed E-state index contributed by atoms with van der Waals surface area (Å²) in [6.45, 7) is 0.900. The van der Waals surface area contributed by atoms with Crippen molar-refractivity contribution in [2.45, 2.75) is 32.0 Å². The van der Waals surface area contributed by atoms with E-state index < -0.39 is 11.9 Å². The number of aromatic nitrogens is 5. The van der Waals surface area contributed by atoms with E-state index >= 15 is 0 Å². The van der Waals surface area contributed by atoms with Crippen LogP contribution in [-0.4, -0.2) is 53.2 Å². The van der Waals surface area contributed by atoms with Gasteiger partial charge in [-0.15, -0.1) is 5.10 Å². The van der Waals surface area contributed by atoms with Gasteiger partial charge in [0.15, 0.2) is 0 Å². The van der Waals surface area contributed by atoms with Crippen molar-refractivity contribution in [1.82, 2.24) is 34.8 Å². The number of piperidine rings is 1. The van der Waals surface area contributed by atoms with Gasteiger partial charge < -0.3 is 9.47 Å². The van der Waals surface area contributed by atoms with E-state index in [1.54, 1.807) is 29.5 Å². The number of imide groups is 1. The Bertz CT molecular complexity index is 1120. The van der Waals surface area contributed by atoms with E-state index in [2.05, 4.69) is 20.6 Å². The zero-order valence-electron chi connectivity index (χ0n) is 15.4. The number of rotatable bonds is 4. The molecule has 3 amide bonds. The van der Waals surface area contributed by atoms with Crippen LogP contribution in [0.3, 0.4) is 0 Å². The number of benzene rings is 1. The molecule has 29 heavy (non-hydrogen) atoms. The lowest BCUT2D eigenvalue weighted by atomic mass is 10.0. The van der Waals surface area contributed by atoms with Gasteiger partial charge in [0.1, 0.15) is 11.7 Å². The maximum absolute atomic E-state index is 12.9. The summed E-state index contributed by atoms with van der Waals surface area (Å²) in [4.78, 5) is 42.0. The summed E-state index contributed by atoms with van der Waals surface area (Å²) >= 11 is 0. The second-order valence-electron chi connectivity index (χ2n) is 7.13. The highest BCUT2D eigenvalue weighted by atomic mass is 16.2. The molecule has 2 aliphatic rings. The Morgan fingerprint density at radius 2 is 2.10 bits per heavy atom. The number of nitrogens with zero attached hydrogens (tertiary/aromatic N) is 6. The zero-order valence-corrected chi connectivity index (χ0v) is 15.4. The summed E-state index contributed by atoms with van der Waals surface area (Å²) < 4.78 is 3.51. The number of fused-ring (bicyclic) bond motifs is 1. The molecule has 0 bridgehead atoms. The summed E-state index contributed by atoms with van der Waals surface area (Å²) in [6, 6.07) is 4.88. The molecule has 1 saturated heterocycles. The van der Waals surface area contributed by atoms with Crippen LogP contribution in [0.4, 0.5) is 0 Å². The smallest absolute Gasteiger partial charge is 0.255 e. The average Bonchev–Trinajstić information content (AvgIpc) is 3.44. The Morgan fingerprint density at radius 1 is 1.21 bits per heavy atom. The molecule has 1 aromatic carbocycles. The lowest BCUT2D eigenvalue weighted by Crippen LogP contribution is -2.52. The molecule has 0 saturated carbocycles. The van der Waals surface area contributed by atoms with Gasteiger partial charge in [0.2, 0.25) is 11.8 Å². The Morgan fingerprint density at radius 3 is 2.90 bits per heavy atom. The second kappa shape index (κ2) is 6.66. The summed E-state index contributed by atoms with van der Waals surface area (Å²) in [6.07, 6.45) is 7.63. The minimum absolute atomic E-state index is 0.213. The fraction of sp³-hybridized carbons (Fsp3) is 0.263. The van der Waals surface area contributed by atoms with E-state index in [9.17, 15) is 14.4 Å². The third-order valence-corrected chi connectivity index (χ3v) is 5.22. The minimum atomic E-state index is -0.621. The van der Waals surface area contributed by atoms with Crippen LogP contribution in [0.5, 0.6) is 0 Å². The van der Waals surface area contributed by atoms with Crippen molar-refractivity contribution in [2.75, 3.05) is 0 Å². The topological polar surface area (TPSA) is 115 Å². The van der Waals surface area contributed by atoms with Crippen molar-refractivity contribution >= 4 is 17.7 Å². The summed E-state index contributed by atoms with van der Waals surface area (Å²) in [5.74, 6) is -0.923. The molecule has 5 rings (SSSR count). The van der Waals surface area contributed by atoms with Crippen LogP contribution < -0.4 is 5.32 Å². The number of imidazole rings is 1. The average molecular weight is 391 g/mol. The van der Waals surface area contributed by atoms with Crippen LogP contribution in [0, 0.1) is 0 Å². The van der Waals surface area contributed by atoms with Crippen molar-refractivity contribution in [1.29, 1.82) is 0 Å². The zero-order chi connectivity index (χ0) is 20.0. The predicted molar refractivity (Wildman–Crippen MR) is 98.7 cm³/mol. The van der Waals surface area contributed by atoms with E-state index in [4.69, 9.17) is 0 Å². The molecule has 146 valence electrons. The molecule has 1 fully saturated rings. The van der Waals surface area contributed by atoms with E-state index in [0.29, 0.717) is 30.8 Å². The first-order valence-electron chi connectivity index (χ1n) is 9.23. The van der Waals surface area contributed by atoms with Gasteiger partial charge in [0, 0.05) is 30.9 Å². The van der Waals surface area contributed by atoms with Gasteiger partial charge in [-0.25, -0.2) is 9.67 Å². The van der Waals surface area contributed by atoms with E-state index in [1.165, 1.54) is 4.90 Å². The monoisotopic (exact) mass is 391 g/mol. The highest BCUT2D eigenvalue weighted by Gasteiger charge is 2.39. The first-order chi connectivity index (χ1) is 14.1. The first-order valence-corrected chi connectivity index (χ1v) is 9.23. The number of nitrogens with one attached hydrogen (secondary N) is 1. The SMILES string of the molecule is O=C1CCC(N2Cc3ccc(-n4cc(Cn5ccnc5)nn4)cc3C2=O)C(=O)N1. The molecule has 1 N–H and O–H groups in total. The van der Waals surface area contributed by atoms with Gasteiger partial charge in [-0.2, -0.15) is 0 Å². The van der Waals surface area contributed by atoms with Crippen LogP contribution in [0.25, 0.3) is 5.69 Å². The van der Waals surface area contributed by atoms with Gasteiger partial charge in [0.25, 0.3) is 5.91 Å². The van der Waals surface area contributed by atoms with Gasteiger partial charge in [0.05, 0.1) is 24.8 Å². The molecular weight excluding hydrogens is 374 g/mol. The van der Waals surface area contributed by atoms with Gasteiger partial charge in [-0.05, 0) is 24.1 Å².